The number of phenolic OH excluding ortho intramolecular Hbond substituents is 2. The molecule has 72 valence electrons. The topological polar surface area (TPSA) is 69.9 Å². The molecular weight excluding hydrogens is 172 g/mol. The first-order valence-corrected chi connectivity index (χ1v) is 3.97. The summed E-state index contributed by atoms with van der Waals surface area (Å²) in [5, 5.41) is 27.4. The molecule has 0 unspecified atom stereocenters. The van der Waals surface area contributed by atoms with Crippen LogP contribution in [0.1, 0.15) is 12.5 Å². The normalized spacial score (nSPS) is 10.0. The van der Waals surface area contributed by atoms with E-state index in [9.17, 15) is 10.2 Å². The van der Waals surface area contributed by atoms with Crippen molar-refractivity contribution in [3.8, 4) is 17.2 Å². The molecule has 0 aliphatic carbocycles. The van der Waals surface area contributed by atoms with Gasteiger partial charge in [-0.1, -0.05) is 0 Å². The fourth-order valence-electron chi connectivity index (χ4n) is 1.04. The van der Waals surface area contributed by atoms with Crippen LogP contribution in [0.4, 0.5) is 0 Å². The minimum absolute atomic E-state index is 0.0553. The minimum Gasteiger partial charge on any atom is -0.504 e. The van der Waals surface area contributed by atoms with E-state index in [0.717, 1.165) is 0 Å². The molecule has 0 bridgehead atoms. The van der Waals surface area contributed by atoms with Gasteiger partial charge in [0.05, 0.1) is 13.2 Å². The number of hydrogen-bond acceptors (Lipinski definition) is 4. The Bertz CT molecular complexity index is 273. The molecule has 13 heavy (non-hydrogen) atoms. The number of ether oxygens (including phenoxy) is 1. The van der Waals surface area contributed by atoms with Crippen LogP contribution in [-0.4, -0.2) is 21.9 Å². The third-order valence-corrected chi connectivity index (χ3v) is 1.58. The van der Waals surface area contributed by atoms with Gasteiger partial charge in [0.25, 0.3) is 0 Å². The maximum absolute atomic E-state index is 9.34. The van der Waals surface area contributed by atoms with Crippen molar-refractivity contribution in [1.29, 1.82) is 0 Å². The predicted molar refractivity (Wildman–Crippen MR) is 46.9 cm³/mol. The lowest BCUT2D eigenvalue weighted by atomic mass is 10.2. The van der Waals surface area contributed by atoms with Crippen molar-refractivity contribution in [2.24, 2.45) is 0 Å². The average molecular weight is 184 g/mol. The first-order chi connectivity index (χ1) is 6.19. The number of rotatable bonds is 3. The second kappa shape index (κ2) is 4.00. The van der Waals surface area contributed by atoms with Crippen molar-refractivity contribution >= 4 is 0 Å². The van der Waals surface area contributed by atoms with Crippen molar-refractivity contribution in [3.05, 3.63) is 17.7 Å². The first kappa shape index (κ1) is 9.67. The highest BCUT2D eigenvalue weighted by molar-refractivity contribution is 5.52. The van der Waals surface area contributed by atoms with Crippen LogP contribution in [0.3, 0.4) is 0 Å². The molecular formula is C9H12O4. The quantitative estimate of drug-likeness (QED) is 0.655. The van der Waals surface area contributed by atoms with Gasteiger partial charge >= 0.3 is 0 Å². The molecule has 0 amide bonds. The summed E-state index contributed by atoms with van der Waals surface area (Å²) in [4.78, 5) is 0. The zero-order valence-corrected chi connectivity index (χ0v) is 7.32. The van der Waals surface area contributed by atoms with Crippen molar-refractivity contribution in [1.82, 2.24) is 0 Å². The van der Waals surface area contributed by atoms with E-state index < -0.39 is 0 Å². The Morgan fingerprint density at radius 3 is 2.15 bits per heavy atom. The number of aliphatic hydroxyl groups excluding tert-OH is 1. The van der Waals surface area contributed by atoms with Gasteiger partial charge in [-0.25, -0.2) is 0 Å². The summed E-state index contributed by atoms with van der Waals surface area (Å²) in [6.07, 6.45) is 0. The van der Waals surface area contributed by atoms with Crippen molar-refractivity contribution in [2.45, 2.75) is 13.5 Å². The summed E-state index contributed by atoms with van der Waals surface area (Å²) in [6, 6.07) is 2.70. The van der Waals surface area contributed by atoms with E-state index in [4.69, 9.17) is 9.84 Å². The predicted octanol–water partition coefficient (Wildman–Crippen LogP) is 0.989. The highest BCUT2D eigenvalue weighted by Crippen LogP contribution is 2.36. The SMILES string of the molecule is CCOc1c(O)cc(CO)cc1O. The highest BCUT2D eigenvalue weighted by Gasteiger charge is 2.09. The van der Waals surface area contributed by atoms with Gasteiger partial charge in [-0.2, -0.15) is 0 Å². The van der Waals surface area contributed by atoms with Gasteiger partial charge in [-0.3, -0.25) is 0 Å². The van der Waals surface area contributed by atoms with Crippen LogP contribution in [-0.2, 0) is 6.61 Å². The molecule has 0 radical (unpaired) electrons. The van der Waals surface area contributed by atoms with Crippen LogP contribution >= 0.6 is 0 Å². The molecule has 0 fully saturated rings. The molecule has 0 heterocycles. The van der Waals surface area contributed by atoms with Crippen LogP contribution in [0.5, 0.6) is 17.2 Å². The van der Waals surface area contributed by atoms with E-state index >= 15 is 0 Å². The second-order valence-corrected chi connectivity index (χ2v) is 2.55. The maximum Gasteiger partial charge on any atom is 0.203 e. The molecule has 1 aromatic rings. The number of hydrogen-bond donors (Lipinski definition) is 3. The molecule has 0 saturated heterocycles. The Hall–Kier alpha value is -1.42. The summed E-state index contributed by atoms with van der Waals surface area (Å²) in [5.41, 5.74) is 0.443. The molecule has 0 atom stereocenters. The van der Waals surface area contributed by atoms with Gasteiger partial charge in [-0.15, -0.1) is 0 Å². The second-order valence-electron chi connectivity index (χ2n) is 2.55. The summed E-state index contributed by atoms with van der Waals surface area (Å²) in [6.45, 7) is 1.88. The summed E-state index contributed by atoms with van der Waals surface area (Å²) >= 11 is 0. The van der Waals surface area contributed by atoms with Crippen LogP contribution in [0.2, 0.25) is 0 Å². The molecule has 3 N–H and O–H groups in total. The fraction of sp³-hybridized carbons (Fsp3) is 0.333. The van der Waals surface area contributed by atoms with Crippen molar-refractivity contribution < 1.29 is 20.1 Å². The zero-order chi connectivity index (χ0) is 9.84. The Kier molecular flexibility index (Phi) is 2.97. The highest BCUT2D eigenvalue weighted by atomic mass is 16.5. The first-order valence-electron chi connectivity index (χ1n) is 3.97. The standard InChI is InChI=1S/C9H12O4/c1-2-13-9-7(11)3-6(5-10)4-8(9)12/h3-4,10-12H,2,5H2,1H3. The van der Waals surface area contributed by atoms with Crippen LogP contribution < -0.4 is 4.74 Å². The third-order valence-electron chi connectivity index (χ3n) is 1.58. The Morgan fingerprint density at radius 1 is 1.23 bits per heavy atom. The average Bonchev–Trinajstić information content (AvgIpc) is 2.11. The van der Waals surface area contributed by atoms with Gasteiger partial charge in [-0.05, 0) is 24.6 Å². The third kappa shape index (κ3) is 2.03. The van der Waals surface area contributed by atoms with Crippen molar-refractivity contribution in [3.63, 3.8) is 0 Å². The van der Waals surface area contributed by atoms with E-state index in [2.05, 4.69) is 0 Å². The van der Waals surface area contributed by atoms with Crippen LogP contribution in [0, 0.1) is 0 Å². The van der Waals surface area contributed by atoms with Gasteiger partial charge in [0.15, 0.2) is 11.5 Å². The monoisotopic (exact) mass is 184 g/mol. The molecule has 1 aromatic carbocycles. The van der Waals surface area contributed by atoms with Gasteiger partial charge in [0.1, 0.15) is 0 Å². The Morgan fingerprint density at radius 2 is 1.77 bits per heavy atom. The molecule has 4 heteroatoms. The number of aromatic hydroxyl groups is 2. The lowest BCUT2D eigenvalue weighted by molar-refractivity contribution is 0.275. The largest absolute Gasteiger partial charge is 0.504 e. The lowest BCUT2D eigenvalue weighted by Crippen LogP contribution is -1.93. The van der Waals surface area contributed by atoms with Crippen LogP contribution in [0.15, 0.2) is 12.1 Å². The number of phenols is 2. The van der Waals surface area contributed by atoms with E-state index in [1.807, 2.05) is 0 Å². The molecule has 1 rings (SSSR count). The van der Waals surface area contributed by atoms with E-state index in [1.54, 1.807) is 6.92 Å². The smallest absolute Gasteiger partial charge is 0.203 e. The number of benzene rings is 1. The summed E-state index contributed by atoms with van der Waals surface area (Å²) < 4.78 is 4.99. The van der Waals surface area contributed by atoms with Gasteiger partial charge in [0.2, 0.25) is 5.75 Å². The molecule has 0 aliphatic heterocycles. The van der Waals surface area contributed by atoms with E-state index in [1.165, 1.54) is 12.1 Å². The summed E-state index contributed by atoms with van der Waals surface area (Å²) in [7, 11) is 0. The van der Waals surface area contributed by atoms with Gasteiger partial charge < -0.3 is 20.1 Å². The minimum atomic E-state index is -0.229. The summed E-state index contributed by atoms with van der Waals surface area (Å²) in [5.74, 6) is -0.267. The molecule has 4 nitrogen and oxygen atoms in total. The van der Waals surface area contributed by atoms with Gasteiger partial charge in [0, 0.05) is 0 Å². The molecule has 0 saturated carbocycles. The lowest BCUT2D eigenvalue weighted by Gasteiger charge is -2.08. The Labute approximate surface area is 76.0 Å². The molecule has 0 aromatic heterocycles. The number of aliphatic hydroxyl groups is 1. The molecule has 0 aliphatic rings. The maximum atomic E-state index is 9.34. The van der Waals surface area contributed by atoms with Crippen LogP contribution in [0.25, 0.3) is 0 Å². The zero-order valence-electron chi connectivity index (χ0n) is 7.32. The molecule has 0 spiro atoms. The Balaban J connectivity index is 3.07. The fourth-order valence-corrected chi connectivity index (χ4v) is 1.04. The van der Waals surface area contributed by atoms with E-state index in [-0.39, 0.29) is 23.9 Å². The van der Waals surface area contributed by atoms with E-state index in [0.29, 0.717) is 12.2 Å². The van der Waals surface area contributed by atoms with Crippen molar-refractivity contribution in [2.75, 3.05) is 6.61 Å².